The molecule has 186 valence electrons. The summed E-state index contributed by atoms with van der Waals surface area (Å²) in [6, 6.07) is 21.1. The summed E-state index contributed by atoms with van der Waals surface area (Å²) in [7, 11) is 0. The van der Waals surface area contributed by atoms with Crippen LogP contribution in [0.3, 0.4) is 0 Å². The molecule has 0 atom stereocenters. The first-order valence-electron chi connectivity index (χ1n) is 12.0. The van der Waals surface area contributed by atoms with Crippen LogP contribution in [-0.2, 0) is 0 Å². The van der Waals surface area contributed by atoms with E-state index in [9.17, 15) is 0 Å². The number of anilines is 2. The van der Waals surface area contributed by atoms with Crippen molar-refractivity contribution in [3.63, 3.8) is 0 Å². The van der Waals surface area contributed by atoms with Gasteiger partial charge in [-0.25, -0.2) is 0 Å². The lowest BCUT2D eigenvalue weighted by Crippen LogP contribution is -2.23. The first-order chi connectivity index (χ1) is 16.4. The van der Waals surface area contributed by atoms with E-state index in [4.69, 9.17) is 0 Å². The first-order valence-corrected chi connectivity index (χ1v) is 14.2. The van der Waals surface area contributed by atoms with Gasteiger partial charge in [0.2, 0.25) is 0 Å². The minimum Gasteiger partial charge on any atom is -0.412 e. The first kappa shape index (κ1) is 27.9. The van der Waals surface area contributed by atoms with Gasteiger partial charge in [0.25, 0.3) is 0 Å². The number of benzene rings is 2. The van der Waals surface area contributed by atoms with Crippen molar-refractivity contribution >= 4 is 78.4 Å². The van der Waals surface area contributed by atoms with E-state index in [0.717, 1.165) is 35.4 Å². The molecule has 7 heteroatoms. The lowest BCUT2D eigenvalue weighted by Gasteiger charge is -2.25. The molecule has 0 saturated heterocycles. The van der Waals surface area contributed by atoms with Crippen LogP contribution in [0, 0.1) is 13.8 Å². The van der Waals surface area contributed by atoms with Crippen LogP contribution < -0.4 is 10.6 Å². The number of aryl methyl sites for hydroxylation is 2. The van der Waals surface area contributed by atoms with Gasteiger partial charge in [-0.05, 0) is 103 Å². The van der Waals surface area contributed by atoms with Crippen LogP contribution >= 0.6 is 45.2 Å². The summed E-state index contributed by atoms with van der Waals surface area (Å²) in [6.45, 7) is 5.13. The van der Waals surface area contributed by atoms with Gasteiger partial charge in [-0.1, -0.05) is 55.7 Å². The second kappa shape index (κ2) is 13.0. The number of halogens is 2. The molecule has 4 rings (SSSR count). The fourth-order valence-electron chi connectivity index (χ4n) is 4.35. The molecule has 0 unspecified atom stereocenters. The number of rotatable bonds is 11. The molecule has 35 heavy (non-hydrogen) atoms. The molecule has 4 N–H and O–H groups in total. The van der Waals surface area contributed by atoms with Crippen LogP contribution in [0.5, 0.6) is 0 Å². The predicted octanol–water partition coefficient (Wildman–Crippen LogP) is 7.96. The molecule has 0 saturated carbocycles. The number of nitrogens with zero attached hydrogens (tertiary/aromatic N) is 2. The average molecular weight is 696 g/mol. The third-order valence-corrected chi connectivity index (χ3v) is 7.61. The fourth-order valence-corrected chi connectivity index (χ4v) is 5.69. The van der Waals surface area contributed by atoms with E-state index in [-0.39, 0.29) is 7.03 Å². The normalized spacial score (nSPS) is 11.4. The zero-order valence-electron chi connectivity index (χ0n) is 20.4. The number of alkyl halides is 2. The molecule has 5 nitrogen and oxygen atoms in total. The number of fused-ring (bicyclic) bond motifs is 2. The van der Waals surface area contributed by atoms with E-state index in [1.165, 1.54) is 54.3 Å². The topological polar surface area (TPSA) is 81.3 Å². The Bertz CT molecular complexity index is 1260. The number of para-hydroxylation sites is 2. The lowest BCUT2D eigenvalue weighted by molar-refractivity contribution is 0.603. The molecule has 0 amide bonds. The third-order valence-electron chi connectivity index (χ3n) is 5.99. The Morgan fingerprint density at radius 3 is 1.89 bits per heavy atom. The van der Waals surface area contributed by atoms with E-state index in [0.29, 0.717) is 0 Å². The summed E-state index contributed by atoms with van der Waals surface area (Å²) in [5, 5.41) is 9.80. The molecular weight excluding hydrogens is 662 g/mol. The second-order valence-corrected chi connectivity index (χ2v) is 14.7. The average Bonchev–Trinajstić information content (AvgIpc) is 2.80. The summed E-state index contributed by atoms with van der Waals surface area (Å²) in [6.07, 6.45) is 7.34. The van der Waals surface area contributed by atoms with Gasteiger partial charge in [0.1, 0.15) is 1.55 Å². The highest BCUT2D eigenvalue weighted by molar-refractivity contribution is 14.2. The highest BCUT2D eigenvalue weighted by atomic mass is 127. The van der Waals surface area contributed by atoms with Gasteiger partial charge < -0.3 is 16.1 Å². The van der Waals surface area contributed by atoms with Gasteiger partial charge in [-0.2, -0.15) is 0 Å². The molecule has 4 aromatic rings. The molecule has 0 aliphatic rings. The second-order valence-electron chi connectivity index (χ2n) is 8.93. The van der Waals surface area contributed by atoms with E-state index in [1.807, 2.05) is 0 Å². The standard InChI is InChI=1S/C28H32I2N4.H2O/c1-20-18-26(22-12-6-8-14-24(22)32-20)31-17-11-5-3-4-10-16-28(29,30)34-27-19-21(2)33-25-15-9-7-13-23(25)27;/h6-9,12-15,18-19H,3-5,10-11,16-17H2,1-2H3,(H,31,32)(H,33,34);1H2. The van der Waals surface area contributed by atoms with Gasteiger partial charge in [-0.15, -0.1) is 0 Å². The number of unbranched alkanes of at least 4 members (excludes halogenated alkanes) is 4. The molecule has 2 heterocycles. The van der Waals surface area contributed by atoms with Crippen LogP contribution in [0.2, 0.25) is 0 Å². The van der Waals surface area contributed by atoms with Crippen LogP contribution in [0.25, 0.3) is 21.8 Å². The smallest absolute Gasteiger partial charge is 0.141 e. The van der Waals surface area contributed by atoms with Crippen LogP contribution in [-0.4, -0.2) is 23.5 Å². The summed E-state index contributed by atoms with van der Waals surface area (Å²) in [4.78, 5) is 9.29. The maximum atomic E-state index is 4.66. The maximum absolute atomic E-state index is 4.66. The van der Waals surface area contributed by atoms with Crippen molar-refractivity contribution < 1.29 is 5.48 Å². The predicted molar refractivity (Wildman–Crippen MR) is 167 cm³/mol. The van der Waals surface area contributed by atoms with Crippen LogP contribution in [0.4, 0.5) is 11.4 Å². The Kier molecular flexibility index (Phi) is 10.4. The van der Waals surface area contributed by atoms with E-state index >= 15 is 0 Å². The highest BCUT2D eigenvalue weighted by Crippen LogP contribution is 2.37. The molecule has 0 bridgehead atoms. The highest BCUT2D eigenvalue weighted by Gasteiger charge is 2.22. The number of aromatic nitrogens is 2. The maximum Gasteiger partial charge on any atom is 0.141 e. The largest absolute Gasteiger partial charge is 0.412 e. The number of nitrogens with one attached hydrogen (secondary N) is 2. The monoisotopic (exact) mass is 696 g/mol. The van der Waals surface area contributed by atoms with Gasteiger partial charge in [0.15, 0.2) is 0 Å². The zero-order chi connectivity index (χ0) is 24.0. The summed E-state index contributed by atoms with van der Waals surface area (Å²) < 4.78 is -0.00605. The van der Waals surface area contributed by atoms with E-state index < -0.39 is 0 Å². The molecule has 0 radical (unpaired) electrons. The number of hydrogen-bond donors (Lipinski definition) is 2. The van der Waals surface area contributed by atoms with E-state index in [1.54, 1.807) is 0 Å². The van der Waals surface area contributed by atoms with Gasteiger partial charge in [0, 0.05) is 40.1 Å². The third kappa shape index (κ3) is 7.88. The Labute approximate surface area is 235 Å². The van der Waals surface area contributed by atoms with Crippen molar-refractivity contribution in [1.82, 2.24) is 9.97 Å². The SMILES string of the molecule is Cc1cc(NCCCCCCCC(I)(I)Nc2cc(C)nc3ccccc23)c2ccccc2n1.O. The van der Waals surface area contributed by atoms with Gasteiger partial charge in [-0.3, -0.25) is 9.97 Å². The van der Waals surface area contributed by atoms with Crippen molar-refractivity contribution in [3.05, 3.63) is 72.1 Å². The molecule has 2 aromatic carbocycles. The van der Waals surface area contributed by atoms with Gasteiger partial charge in [0.05, 0.1) is 11.0 Å². The minimum atomic E-state index is -0.00605. The zero-order valence-corrected chi connectivity index (χ0v) is 24.7. The molecule has 0 aliphatic heterocycles. The van der Waals surface area contributed by atoms with Crippen molar-refractivity contribution in [2.75, 3.05) is 17.2 Å². The van der Waals surface area contributed by atoms with Gasteiger partial charge >= 0.3 is 0 Å². The summed E-state index contributed by atoms with van der Waals surface area (Å²) >= 11 is 5.11. The van der Waals surface area contributed by atoms with Crippen molar-refractivity contribution in [2.24, 2.45) is 0 Å². The van der Waals surface area contributed by atoms with E-state index in [2.05, 4.69) is 140 Å². The Balaban J connectivity index is 0.00000342. The number of hydrogen-bond acceptors (Lipinski definition) is 4. The molecule has 0 aliphatic carbocycles. The number of pyridine rings is 2. The van der Waals surface area contributed by atoms with Crippen molar-refractivity contribution in [2.45, 2.75) is 53.9 Å². The van der Waals surface area contributed by atoms with Crippen molar-refractivity contribution in [3.8, 4) is 0 Å². The lowest BCUT2D eigenvalue weighted by atomic mass is 10.1. The quantitative estimate of drug-likeness (QED) is 0.0722. The summed E-state index contributed by atoms with van der Waals surface area (Å²) in [5.41, 5.74) is 6.61. The molecule has 2 aromatic heterocycles. The Hall–Kier alpha value is -1.72. The Morgan fingerprint density at radius 1 is 0.714 bits per heavy atom. The minimum absolute atomic E-state index is 0. The molecule has 0 spiro atoms. The van der Waals surface area contributed by atoms with Crippen LogP contribution in [0.1, 0.15) is 49.9 Å². The fraction of sp³-hybridized carbons (Fsp3) is 0.357. The summed E-state index contributed by atoms with van der Waals surface area (Å²) in [5.74, 6) is 0. The van der Waals surface area contributed by atoms with Crippen molar-refractivity contribution in [1.29, 1.82) is 0 Å². The molecule has 0 fully saturated rings. The van der Waals surface area contributed by atoms with Crippen LogP contribution in [0.15, 0.2) is 60.7 Å². The molecular formula is C28H34I2N4O. The Morgan fingerprint density at radius 2 is 1.23 bits per heavy atom.